The van der Waals surface area contributed by atoms with Crippen LogP contribution in [-0.2, 0) is 0 Å². The highest BCUT2D eigenvalue weighted by atomic mass is 16.5. The van der Waals surface area contributed by atoms with E-state index in [0.717, 1.165) is 0 Å². The maximum atomic E-state index is 11.2. The van der Waals surface area contributed by atoms with Gasteiger partial charge in [0.25, 0.3) is 0 Å². The lowest BCUT2D eigenvalue weighted by molar-refractivity contribution is -0.438. The molecule has 12 heavy (non-hydrogen) atoms. The minimum absolute atomic E-state index is 0.0585. The van der Waals surface area contributed by atoms with Crippen LogP contribution in [0.15, 0.2) is 24.3 Å². The monoisotopic (exact) mass is 161 g/mol. The second-order valence-corrected chi connectivity index (χ2v) is 2.71. The first kappa shape index (κ1) is 7.03. The molecule has 0 aromatic heterocycles. The molecule has 1 aliphatic rings. The predicted molar refractivity (Wildman–Crippen MR) is 44.4 cm³/mol. The van der Waals surface area contributed by atoms with E-state index >= 15 is 0 Å². The van der Waals surface area contributed by atoms with Gasteiger partial charge in [-0.15, -0.1) is 0 Å². The number of carbonyl (C=O) groups is 1. The predicted octanol–water partition coefficient (Wildman–Crippen LogP) is 0.812. The minimum atomic E-state index is -0.108. The number of Topliss-reactive ketones (excluding diaryl/α,β-unsaturated/α-hetero) is 1. The lowest BCUT2D eigenvalue weighted by atomic mass is 10.0. The Morgan fingerprint density at radius 1 is 1.33 bits per heavy atom. The number of rotatable bonds is 0. The van der Waals surface area contributed by atoms with E-state index in [1.54, 1.807) is 18.2 Å². The number of hydrogen-bond acceptors (Lipinski definition) is 2. The van der Waals surface area contributed by atoms with Gasteiger partial charge >= 0.3 is 0 Å². The van der Waals surface area contributed by atoms with E-state index in [-0.39, 0.29) is 12.3 Å². The van der Waals surface area contributed by atoms with Gasteiger partial charge in [-0.3, -0.25) is 4.79 Å². The zero-order valence-corrected chi connectivity index (χ0v) is 6.36. The summed E-state index contributed by atoms with van der Waals surface area (Å²) in [6, 6.07) is 7.10. The summed E-state index contributed by atoms with van der Waals surface area (Å²) < 4.78 is 0.657. The summed E-state index contributed by atoms with van der Waals surface area (Å²) in [5, 5.41) is 10.9. The summed E-state index contributed by atoms with van der Waals surface area (Å²) >= 11 is 0. The largest absolute Gasteiger partial charge is 0.623 e. The van der Waals surface area contributed by atoms with Crippen LogP contribution in [0.5, 0.6) is 0 Å². The maximum absolute atomic E-state index is 11.2. The fraction of sp³-hybridized carbons (Fsp3) is 0.111. The van der Waals surface area contributed by atoms with Crippen LogP contribution < -0.4 is 0 Å². The zero-order chi connectivity index (χ0) is 8.55. The molecule has 1 aliphatic heterocycles. The first-order valence-electron chi connectivity index (χ1n) is 3.68. The van der Waals surface area contributed by atoms with Crippen LogP contribution in [0.2, 0.25) is 0 Å². The molecule has 3 heteroatoms. The molecule has 0 saturated heterocycles. The molecule has 0 unspecified atom stereocenters. The lowest BCUT2D eigenvalue weighted by Crippen LogP contribution is -2.23. The molecular formula is C9H7NO2. The Balaban J connectivity index is 2.62. The van der Waals surface area contributed by atoms with Crippen molar-refractivity contribution in [3.8, 4) is 0 Å². The van der Waals surface area contributed by atoms with Crippen molar-refractivity contribution >= 4 is 12.0 Å². The molecule has 0 spiro atoms. The molecule has 0 radical (unpaired) electrons. The number of benzene rings is 1. The number of ketones is 1. The van der Waals surface area contributed by atoms with Crippen molar-refractivity contribution in [3.05, 3.63) is 40.6 Å². The summed E-state index contributed by atoms with van der Waals surface area (Å²) in [7, 11) is 0. The highest BCUT2D eigenvalue weighted by Gasteiger charge is 2.19. The standard InChI is InChI=1S/C9H7NO2/c11-9-6-10(12)5-7-3-1-2-4-8(7)9/h1-5H,6H2. The molecule has 0 atom stereocenters. The molecule has 0 N–H and O–H groups in total. The molecule has 0 aliphatic carbocycles. The molecule has 3 nitrogen and oxygen atoms in total. The third-order valence-electron chi connectivity index (χ3n) is 1.84. The third-order valence-corrected chi connectivity index (χ3v) is 1.84. The first-order valence-corrected chi connectivity index (χ1v) is 3.68. The topological polar surface area (TPSA) is 43.1 Å². The van der Waals surface area contributed by atoms with E-state index in [1.165, 1.54) is 6.21 Å². The van der Waals surface area contributed by atoms with Gasteiger partial charge in [-0.1, -0.05) is 18.2 Å². The molecule has 0 bridgehead atoms. The molecule has 0 fully saturated rings. The summed E-state index contributed by atoms with van der Waals surface area (Å²) in [5.41, 5.74) is 1.35. The van der Waals surface area contributed by atoms with Crippen molar-refractivity contribution in [2.45, 2.75) is 0 Å². The molecule has 60 valence electrons. The Hall–Kier alpha value is -1.64. The molecule has 2 rings (SSSR count). The Labute approximate surface area is 69.5 Å². The van der Waals surface area contributed by atoms with Gasteiger partial charge in [-0.2, -0.15) is 0 Å². The normalized spacial score (nSPS) is 15.3. The maximum Gasteiger partial charge on any atom is 0.229 e. The van der Waals surface area contributed by atoms with Crippen molar-refractivity contribution in [2.24, 2.45) is 0 Å². The molecule has 0 amide bonds. The lowest BCUT2D eigenvalue weighted by Gasteiger charge is -2.10. The van der Waals surface area contributed by atoms with E-state index in [9.17, 15) is 10.0 Å². The van der Waals surface area contributed by atoms with Gasteiger partial charge in [0, 0.05) is 5.56 Å². The molecule has 0 saturated carbocycles. The average molecular weight is 161 g/mol. The average Bonchev–Trinajstić information content (AvgIpc) is 2.04. The fourth-order valence-corrected chi connectivity index (χ4v) is 1.29. The SMILES string of the molecule is O=C1C[N+]([O-])=Cc2ccccc21. The van der Waals surface area contributed by atoms with Crippen molar-refractivity contribution < 1.29 is 9.53 Å². The molecule has 1 aromatic rings. The number of nitrogens with zero attached hydrogens (tertiary/aromatic N) is 1. The van der Waals surface area contributed by atoms with E-state index in [0.29, 0.717) is 15.9 Å². The van der Waals surface area contributed by atoms with Crippen molar-refractivity contribution in [1.29, 1.82) is 0 Å². The summed E-state index contributed by atoms with van der Waals surface area (Å²) in [6.45, 7) is -0.0585. The van der Waals surface area contributed by atoms with Gasteiger partial charge in [0.05, 0.1) is 5.56 Å². The Morgan fingerprint density at radius 2 is 2.08 bits per heavy atom. The van der Waals surface area contributed by atoms with Crippen LogP contribution in [0, 0.1) is 5.21 Å². The quantitative estimate of drug-likeness (QED) is 0.417. The van der Waals surface area contributed by atoms with Crippen LogP contribution in [-0.4, -0.2) is 23.3 Å². The van der Waals surface area contributed by atoms with E-state index < -0.39 is 0 Å². The van der Waals surface area contributed by atoms with Gasteiger partial charge in [-0.05, 0) is 6.07 Å². The summed E-state index contributed by atoms with van der Waals surface area (Å²) in [6.07, 6.45) is 1.44. The smallest absolute Gasteiger partial charge is 0.229 e. The zero-order valence-electron chi connectivity index (χ0n) is 6.36. The first-order chi connectivity index (χ1) is 5.77. The second kappa shape index (κ2) is 2.44. The number of fused-ring (bicyclic) bond motifs is 1. The van der Waals surface area contributed by atoms with Gasteiger partial charge in [0.2, 0.25) is 12.3 Å². The molecule has 1 aromatic carbocycles. The van der Waals surface area contributed by atoms with Gasteiger partial charge in [0.1, 0.15) is 0 Å². The van der Waals surface area contributed by atoms with Gasteiger partial charge in [0.15, 0.2) is 6.21 Å². The highest BCUT2D eigenvalue weighted by molar-refractivity contribution is 6.05. The van der Waals surface area contributed by atoms with Crippen LogP contribution in [0.3, 0.4) is 0 Å². The summed E-state index contributed by atoms with van der Waals surface area (Å²) in [5.74, 6) is -0.108. The number of hydroxylamine groups is 1. The van der Waals surface area contributed by atoms with Crippen molar-refractivity contribution in [2.75, 3.05) is 6.54 Å². The van der Waals surface area contributed by atoms with E-state index in [1.807, 2.05) is 6.07 Å². The van der Waals surface area contributed by atoms with Crippen LogP contribution in [0.1, 0.15) is 15.9 Å². The third kappa shape index (κ3) is 0.993. The van der Waals surface area contributed by atoms with E-state index in [4.69, 9.17) is 0 Å². The Morgan fingerprint density at radius 3 is 2.92 bits per heavy atom. The van der Waals surface area contributed by atoms with Crippen molar-refractivity contribution in [3.63, 3.8) is 0 Å². The highest BCUT2D eigenvalue weighted by Crippen LogP contribution is 2.10. The minimum Gasteiger partial charge on any atom is -0.623 e. The molecular weight excluding hydrogens is 154 g/mol. The number of carbonyl (C=O) groups excluding carboxylic acids is 1. The van der Waals surface area contributed by atoms with Crippen LogP contribution >= 0.6 is 0 Å². The Kier molecular flexibility index (Phi) is 1.43. The Bertz CT molecular complexity index is 369. The van der Waals surface area contributed by atoms with Crippen LogP contribution in [0.4, 0.5) is 0 Å². The molecule has 1 heterocycles. The van der Waals surface area contributed by atoms with Crippen LogP contribution in [0.25, 0.3) is 0 Å². The van der Waals surface area contributed by atoms with E-state index in [2.05, 4.69) is 0 Å². The second-order valence-electron chi connectivity index (χ2n) is 2.71. The van der Waals surface area contributed by atoms with Gasteiger partial charge in [-0.25, -0.2) is 4.74 Å². The van der Waals surface area contributed by atoms with Gasteiger partial charge < -0.3 is 5.21 Å². The fourth-order valence-electron chi connectivity index (χ4n) is 1.29. The van der Waals surface area contributed by atoms with Crippen molar-refractivity contribution in [1.82, 2.24) is 0 Å². The summed E-state index contributed by atoms with van der Waals surface area (Å²) in [4.78, 5) is 11.2. The number of hydrogen-bond donors (Lipinski definition) is 0.